The summed E-state index contributed by atoms with van der Waals surface area (Å²) in [6.45, 7) is 4.60. The fraction of sp³-hybridized carbons (Fsp3) is 0.571. The monoisotopic (exact) mass is 190 g/mol. The zero-order valence-electron chi connectivity index (χ0n) is 9.50. The zero-order chi connectivity index (χ0) is 10.2. The lowest BCUT2D eigenvalue weighted by Crippen LogP contribution is -1.92. The van der Waals surface area contributed by atoms with Gasteiger partial charge in [-0.05, 0) is 17.9 Å². The summed E-state index contributed by atoms with van der Waals surface area (Å²) in [6, 6.07) is 10.8. The van der Waals surface area contributed by atoms with Crippen LogP contribution in [0.25, 0.3) is 0 Å². The number of hydrogen-bond donors (Lipinski definition) is 0. The van der Waals surface area contributed by atoms with Gasteiger partial charge in [-0.25, -0.2) is 0 Å². The highest BCUT2D eigenvalue weighted by Gasteiger charge is 2.03. The molecule has 1 rings (SSSR count). The van der Waals surface area contributed by atoms with Crippen LogP contribution in [0.15, 0.2) is 30.3 Å². The summed E-state index contributed by atoms with van der Waals surface area (Å²) in [5.74, 6) is 0.730. The van der Waals surface area contributed by atoms with Gasteiger partial charge in [-0.3, -0.25) is 0 Å². The fourth-order valence-electron chi connectivity index (χ4n) is 1.83. The molecule has 0 radical (unpaired) electrons. The quantitative estimate of drug-likeness (QED) is 0.567. The standard InChI is InChI=1S/C14H22/c1-3-4-5-7-10-13(2)14-11-8-6-9-12-14/h6,8-9,11-13H,3-5,7,10H2,1-2H3. The van der Waals surface area contributed by atoms with Crippen molar-refractivity contribution in [2.24, 2.45) is 0 Å². The van der Waals surface area contributed by atoms with Crippen molar-refractivity contribution in [3.63, 3.8) is 0 Å². The minimum atomic E-state index is 0.730. The van der Waals surface area contributed by atoms with Crippen molar-refractivity contribution in [1.29, 1.82) is 0 Å². The van der Waals surface area contributed by atoms with E-state index in [1.807, 2.05) is 0 Å². The molecule has 1 atom stereocenters. The molecule has 0 heteroatoms. The van der Waals surface area contributed by atoms with E-state index in [1.165, 1.54) is 37.7 Å². The molecule has 0 bridgehead atoms. The maximum absolute atomic E-state index is 2.33. The highest BCUT2D eigenvalue weighted by atomic mass is 14.1. The highest BCUT2D eigenvalue weighted by Crippen LogP contribution is 2.21. The van der Waals surface area contributed by atoms with Crippen molar-refractivity contribution in [2.75, 3.05) is 0 Å². The van der Waals surface area contributed by atoms with Crippen LogP contribution in [-0.2, 0) is 0 Å². The highest BCUT2D eigenvalue weighted by molar-refractivity contribution is 5.18. The van der Waals surface area contributed by atoms with E-state index in [0.717, 1.165) is 5.92 Å². The van der Waals surface area contributed by atoms with Gasteiger partial charge in [-0.15, -0.1) is 0 Å². The number of rotatable bonds is 6. The van der Waals surface area contributed by atoms with Crippen molar-refractivity contribution >= 4 is 0 Å². The second-order valence-corrected chi connectivity index (χ2v) is 4.16. The summed E-state index contributed by atoms with van der Waals surface area (Å²) in [7, 11) is 0. The van der Waals surface area contributed by atoms with Crippen molar-refractivity contribution in [3.8, 4) is 0 Å². The molecule has 0 heterocycles. The van der Waals surface area contributed by atoms with E-state index in [4.69, 9.17) is 0 Å². The third-order valence-corrected chi connectivity index (χ3v) is 2.86. The Morgan fingerprint density at radius 2 is 1.71 bits per heavy atom. The number of hydrogen-bond acceptors (Lipinski definition) is 0. The Balaban J connectivity index is 2.25. The van der Waals surface area contributed by atoms with E-state index in [0.29, 0.717) is 0 Å². The smallest absolute Gasteiger partial charge is 0.0190 e. The molecule has 0 amide bonds. The lowest BCUT2D eigenvalue weighted by atomic mass is 9.95. The molecular formula is C14H22. The predicted molar refractivity (Wildman–Crippen MR) is 63.6 cm³/mol. The third-order valence-electron chi connectivity index (χ3n) is 2.86. The van der Waals surface area contributed by atoms with Crippen LogP contribution in [0.2, 0.25) is 0 Å². The van der Waals surface area contributed by atoms with Crippen LogP contribution in [0.1, 0.15) is 57.4 Å². The molecule has 0 saturated heterocycles. The Labute approximate surface area is 88.4 Å². The number of benzene rings is 1. The van der Waals surface area contributed by atoms with Gasteiger partial charge in [0.1, 0.15) is 0 Å². The molecule has 1 unspecified atom stereocenters. The molecule has 0 aliphatic carbocycles. The maximum atomic E-state index is 2.33. The van der Waals surface area contributed by atoms with Crippen LogP contribution >= 0.6 is 0 Å². The molecule has 0 saturated carbocycles. The van der Waals surface area contributed by atoms with Gasteiger partial charge in [0, 0.05) is 0 Å². The van der Waals surface area contributed by atoms with Gasteiger partial charge >= 0.3 is 0 Å². The Bertz CT molecular complexity index is 225. The summed E-state index contributed by atoms with van der Waals surface area (Å²) in [4.78, 5) is 0. The topological polar surface area (TPSA) is 0 Å². The largest absolute Gasteiger partial charge is 0.0654 e. The Kier molecular flexibility index (Phi) is 5.36. The van der Waals surface area contributed by atoms with Crippen molar-refractivity contribution in [3.05, 3.63) is 35.9 Å². The Morgan fingerprint density at radius 3 is 2.36 bits per heavy atom. The molecule has 0 aliphatic rings. The predicted octanol–water partition coefficient (Wildman–Crippen LogP) is 4.76. The van der Waals surface area contributed by atoms with Crippen molar-refractivity contribution in [2.45, 2.75) is 51.9 Å². The van der Waals surface area contributed by atoms with Crippen LogP contribution < -0.4 is 0 Å². The van der Waals surface area contributed by atoms with Crippen LogP contribution in [0.4, 0.5) is 0 Å². The van der Waals surface area contributed by atoms with Crippen LogP contribution in [-0.4, -0.2) is 0 Å². The average molecular weight is 190 g/mol. The van der Waals surface area contributed by atoms with Gasteiger partial charge in [0.15, 0.2) is 0 Å². The molecule has 14 heavy (non-hydrogen) atoms. The van der Waals surface area contributed by atoms with E-state index in [9.17, 15) is 0 Å². The van der Waals surface area contributed by atoms with Gasteiger partial charge in [0.2, 0.25) is 0 Å². The second kappa shape index (κ2) is 6.64. The molecule has 0 nitrogen and oxygen atoms in total. The summed E-state index contributed by atoms with van der Waals surface area (Å²) >= 11 is 0. The van der Waals surface area contributed by atoms with Crippen LogP contribution in [0.5, 0.6) is 0 Å². The molecular weight excluding hydrogens is 168 g/mol. The molecule has 1 aromatic rings. The lowest BCUT2D eigenvalue weighted by molar-refractivity contribution is 0.580. The summed E-state index contributed by atoms with van der Waals surface area (Å²) in [6.07, 6.45) is 6.84. The van der Waals surface area contributed by atoms with Crippen molar-refractivity contribution < 1.29 is 0 Å². The minimum Gasteiger partial charge on any atom is -0.0654 e. The van der Waals surface area contributed by atoms with Gasteiger partial charge in [0.25, 0.3) is 0 Å². The summed E-state index contributed by atoms with van der Waals surface area (Å²) < 4.78 is 0. The first-order valence-electron chi connectivity index (χ1n) is 5.89. The summed E-state index contributed by atoms with van der Waals surface area (Å²) in [5.41, 5.74) is 1.49. The van der Waals surface area contributed by atoms with E-state index < -0.39 is 0 Å². The van der Waals surface area contributed by atoms with Crippen molar-refractivity contribution in [1.82, 2.24) is 0 Å². The zero-order valence-corrected chi connectivity index (χ0v) is 9.50. The molecule has 0 aromatic heterocycles. The van der Waals surface area contributed by atoms with E-state index in [2.05, 4.69) is 44.2 Å². The van der Waals surface area contributed by atoms with Crippen LogP contribution in [0.3, 0.4) is 0 Å². The van der Waals surface area contributed by atoms with Gasteiger partial charge in [-0.1, -0.05) is 69.9 Å². The van der Waals surface area contributed by atoms with E-state index in [1.54, 1.807) is 0 Å². The molecule has 1 aromatic carbocycles. The maximum Gasteiger partial charge on any atom is -0.0190 e. The molecule has 0 aliphatic heterocycles. The first kappa shape index (κ1) is 11.3. The second-order valence-electron chi connectivity index (χ2n) is 4.16. The molecule has 0 N–H and O–H groups in total. The first-order valence-corrected chi connectivity index (χ1v) is 5.89. The average Bonchev–Trinajstić information content (AvgIpc) is 2.25. The fourth-order valence-corrected chi connectivity index (χ4v) is 1.83. The third kappa shape index (κ3) is 3.95. The number of unbranched alkanes of at least 4 members (excludes halogenated alkanes) is 3. The van der Waals surface area contributed by atoms with E-state index in [-0.39, 0.29) is 0 Å². The Hall–Kier alpha value is -0.780. The normalized spacial score (nSPS) is 12.7. The SMILES string of the molecule is CCCCCCC(C)c1ccccc1. The lowest BCUT2D eigenvalue weighted by Gasteiger charge is -2.10. The van der Waals surface area contributed by atoms with Gasteiger partial charge in [-0.2, -0.15) is 0 Å². The van der Waals surface area contributed by atoms with Crippen LogP contribution in [0, 0.1) is 0 Å². The first-order chi connectivity index (χ1) is 6.84. The van der Waals surface area contributed by atoms with Gasteiger partial charge < -0.3 is 0 Å². The molecule has 0 spiro atoms. The molecule has 78 valence electrons. The Morgan fingerprint density at radius 1 is 1.00 bits per heavy atom. The van der Waals surface area contributed by atoms with Gasteiger partial charge in [0.05, 0.1) is 0 Å². The summed E-state index contributed by atoms with van der Waals surface area (Å²) in [5, 5.41) is 0. The molecule has 0 fully saturated rings. The minimum absolute atomic E-state index is 0.730. The van der Waals surface area contributed by atoms with E-state index >= 15 is 0 Å².